The first-order chi connectivity index (χ1) is 9.90. The van der Waals surface area contributed by atoms with E-state index in [1.807, 2.05) is 0 Å². The van der Waals surface area contributed by atoms with E-state index in [9.17, 15) is 19.3 Å². The summed E-state index contributed by atoms with van der Waals surface area (Å²) in [5, 5.41) is 12.8. The van der Waals surface area contributed by atoms with Gasteiger partial charge in [0.2, 0.25) is 5.82 Å². The second kappa shape index (κ2) is 6.02. The van der Waals surface area contributed by atoms with Crippen LogP contribution in [0.1, 0.15) is 10.4 Å². The number of anilines is 1. The van der Waals surface area contributed by atoms with Gasteiger partial charge in [-0.05, 0) is 18.2 Å². The lowest BCUT2D eigenvalue weighted by Crippen LogP contribution is -2.16. The summed E-state index contributed by atoms with van der Waals surface area (Å²) in [6.07, 6.45) is 0. The second-order valence-corrected chi connectivity index (χ2v) is 4.60. The predicted octanol–water partition coefficient (Wildman–Crippen LogP) is 3.69. The first-order valence-electron chi connectivity index (χ1n) is 5.46. The van der Waals surface area contributed by atoms with Gasteiger partial charge in [0, 0.05) is 6.07 Å². The van der Waals surface area contributed by atoms with E-state index >= 15 is 0 Å². The summed E-state index contributed by atoms with van der Waals surface area (Å²) in [7, 11) is 0. The standard InChI is InChI=1S/C12H6Cl2FN3O3/c13-6-2-1-3-7(15)10(6)12(19)17-11-8(18(20)21)4-5-9(14)16-11/h1-5H,(H,16,17,19). The van der Waals surface area contributed by atoms with Crippen LogP contribution in [-0.2, 0) is 0 Å². The highest BCUT2D eigenvalue weighted by atomic mass is 35.5. The Morgan fingerprint density at radius 2 is 2.00 bits per heavy atom. The molecule has 1 amide bonds. The fraction of sp³-hybridized carbons (Fsp3) is 0. The monoisotopic (exact) mass is 329 g/mol. The number of hydrogen-bond acceptors (Lipinski definition) is 4. The summed E-state index contributed by atoms with van der Waals surface area (Å²) in [5.74, 6) is -2.21. The van der Waals surface area contributed by atoms with E-state index in [1.165, 1.54) is 18.2 Å². The number of amides is 1. The maximum Gasteiger partial charge on any atom is 0.311 e. The maximum absolute atomic E-state index is 13.6. The van der Waals surface area contributed by atoms with Crippen LogP contribution >= 0.6 is 23.2 Å². The minimum Gasteiger partial charge on any atom is -0.301 e. The molecule has 9 heteroatoms. The molecular weight excluding hydrogens is 324 g/mol. The van der Waals surface area contributed by atoms with Crippen molar-refractivity contribution >= 4 is 40.6 Å². The van der Waals surface area contributed by atoms with Gasteiger partial charge in [0.1, 0.15) is 11.0 Å². The Kier molecular flexibility index (Phi) is 4.35. The number of carbonyl (C=O) groups excluding carboxylic acids is 1. The highest BCUT2D eigenvalue weighted by Gasteiger charge is 2.22. The van der Waals surface area contributed by atoms with Gasteiger partial charge in [0.25, 0.3) is 5.91 Å². The lowest BCUT2D eigenvalue weighted by molar-refractivity contribution is -0.384. The van der Waals surface area contributed by atoms with Gasteiger partial charge in [-0.1, -0.05) is 29.3 Å². The van der Waals surface area contributed by atoms with Gasteiger partial charge in [0.05, 0.1) is 15.5 Å². The number of nitrogens with zero attached hydrogens (tertiary/aromatic N) is 2. The SMILES string of the molecule is O=C(Nc1nc(Cl)ccc1[N+](=O)[O-])c1c(F)cccc1Cl. The van der Waals surface area contributed by atoms with Gasteiger partial charge >= 0.3 is 5.69 Å². The molecule has 0 radical (unpaired) electrons. The van der Waals surface area contributed by atoms with Crippen molar-refractivity contribution in [3.05, 3.63) is 62.0 Å². The van der Waals surface area contributed by atoms with Crippen LogP contribution in [0.25, 0.3) is 0 Å². The van der Waals surface area contributed by atoms with Crippen molar-refractivity contribution in [3.8, 4) is 0 Å². The average Bonchev–Trinajstić information content (AvgIpc) is 2.38. The molecule has 2 aromatic rings. The molecule has 1 heterocycles. The topological polar surface area (TPSA) is 85.1 Å². The van der Waals surface area contributed by atoms with E-state index < -0.39 is 33.7 Å². The van der Waals surface area contributed by atoms with Crippen LogP contribution in [0.3, 0.4) is 0 Å². The largest absolute Gasteiger partial charge is 0.311 e. The third kappa shape index (κ3) is 3.26. The molecule has 0 aliphatic heterocycles. The molecule has 0 saturated carbocycles. The van der Waals surface area contributed by atoms with Gasteiger partial charge in [-0.15, -0.1) is 0 Å². The summed E-state index contributed by atoms with van der Waals surface area (Å²) in [5.41, 5.74) is -0.907. The lowest BCUT2D eigenvalue weighted by atomic mass is 10.2. The molecule has 0 fully saturated rings. The van der Waals surface area contributed by atoms with Crippen molar-refractivity contribution in [2.45, 2.75) is 0 Å². The Balaban J connectivity index is 2.40. The van der Waals surface area contributed by atoms with Crippen LogP contribution in [-0.4, -0.2) is 15.8 Å². The predicted molar refractivity (Wildman–Crippen MR) is 75.3 cm³/mol. The van der Waals surface area contributed by atoms with Gasteiger partial charge in [-0.3, -0.25) is 14.9 Å². The first kappa shape index (κ1) is 15.1. The number of nitro groups is 1. The summed E-state index contributed by atoms with van der Waals surface area (Å²) in [6.45, 7) is 0. The number of benzene rings is 1. The molecule has 1 aromatic heterocycles. The molecule has 0 saturated heterocycles. The molecule has 108 valence electrons. The smallest absolute Gasteiger partial charge is 0.301 e. The summed E-state index contributed by atoms with van der Waals surface area (Å²) >= 11 is 11.4. The van der Waals surface area contributed by atoms with Crippen LogP contribution in [0.2, 0.25) is 10.2 Å². The van der Waals surface area contributed by atoms with Crippen molar-refractivity contribution in [1.82, 2.24) is 4.98 Å². The van der Waals surface area contributed by atoms with E-state index in [2.05, 4.69) is 10.3 Å². The Morgan fingerprint density at radius 3 is 2.62 bits per heavy atom. The Hall–Kier alpha value is -2.25. The number of rotatable bonds is 3. The fourth-order valence-electron chi connectivity index (χ4n) is 1.55. The molecule has 0 aliphatic carbocycles. The molecule has 0 unspecified atom stereocenters. The van der Waals surface area contributed by atoms with Crippen molar-refractivity contribution in [3.63, 3.8) is 0 Å². The zero-order chi connectivity index (χ0) is 15.6. The van der Waals surface area contributed by atoms with E-state index in [0.717, 1.165) is 12.1 Å². The van der Waals surface area contributed by atoms with Crippen LogP contribution in [0.5, 0.6) is 0 Å². The zero-order valence-corrected chi connectivity index (χ0v) is 11.7. The van der Waals surface area contributed by atoms with E-state index in [4.69, 9.17) is 23.2 Å². The van der Waals surface area contributed by atoms with Crippen LogP contribution in [0.15, 0.2) is 30.3 Å². The zero-order valence-electron chi connectivity index (χ0n) is 10.1. The molecule has 1 N–H and O–H groups in total. The summed E-state index contributed by atoms with van der Waals surface area (Å²) in [6, 6.07) is 5.97. The average molecular weight is 330 g/mol. The molecule has 1 aromatic carbocycles. The minimum atomic E-state index is -0.962. The minimum absolute atomic E-state index is 0.0597. The third-order valence-corrected chi connectivity index (χ3v) is 2.98. The number of carbonyl (C=O) groups is 1. The molecule has 0 aliphatic rings. The van der Waals surface area contributed by atoms with Crippen molar-refractivity contribution in [1.29, 1.82) is 0 Å². The second-order valence-electron chi connectivity index (χ2n) is 3.81. The first-order valence-corrected chi connectivity index (χ1v) is 6.22. The molecule has 0 bridgehead atoms. The van der Waals surface area contributed by atoms with Crippen molar-refractivity contribution in [2.75, 3.05) is 5.32 Å². The number of halogens is 3. The normalized spacial score (nSPS) is 10.2. The highest BCUT2D eigenvalue weighted by molar-refractivity contribution is 6.34. The van der Waals surface area contributed by atoms with Crippen molar-refractivity contribution < 1.29 is 14.1 Å². The Morgan fingerprint density at radius 1 is 1.29 bits per heavy atom. The molecule has 2 rings (SSSR count). The fourth-order valence-corrected chi connectivity index (χ4v) is 1.95. The van der Waals surface area contributed by atoms with E-state index in [1.54, 1.807) is 0 Å². The van der Waals surface area contributed by atoms with Crippen LogP contribution in [0.4, 0.5) is 15.9 Å². The number of hydrogen-bond donors (Lipinski definition) is 1. The number of pyridine rings is 1. The summed E-state index contributed by atoms with van der Waals surface area (Å²) < 4.78 is 13.6. The molecule has 21 heavy (non-hydrogen) atoms. The Bertz CT molecular complexity index is 719. The lowest BCUT2D eigenvalue weighted by Gasteiger charge is -2.07. The van der Waals surface area contributed by atoms with Gasteiger partial charge in [-0.2, -0.15) is 0 Å². The quantitative estimate of drug-likeness (QED) is 0.528. The van der Waals surface area contributed by atoms with Crippen LogP contribution in [0, 0.1) is 15.9 Å². The molecule has 0 spiro atoms. The van der Waals surface area contributed by atoms with Crippen molar-refractivity contribution in [2.24, 2.45) is 0 Å². The van der Waals surface area contributed by atoms with Gasteiger partial charge in [-0.25, -0.2) is 9.37 Å². The number of aromatic nitrogens is 1. The maximum atomic E-state index is 13.6. The number of nitrogens with one attached hydrogen (secondary N) is 1. The molecular formula is C12H6Cl2FN3O3. The van der Waals surface area contributed by atoms with E-state index in [-0.39, 0.29) is 10.2 Å². The Labute approximate surface area is 127 Å². The molecule has 6 nitrogen and oxygen atoms in total. The van der Waals surface area contributed by atoms with E-state index in [0.29, 0.717) is 0 Å². The highest BCUT2D eigenvalue weighted by Crippen LogP contribution is 2.26. The van der Waals surface area contributed by atoms with Gasteiger partial charge < -0.3 is 5.32 Å². The summed E-state index contributed by atoms with van der Waals surface area (Å²) in [4.78, 5) is 25.8. The third-order valence-electron chi connectivity index (χ3n) is 2.46. The van der Waals surface area contributed by atoms with Gasteiger partial charge in [0.15, 0.2) is 0 Å². The van der Waals surface area contributed by atoms with Crippen LogP contribution < -0.4 is 5.32 Å². The molecule has 0 atom stereocenters.